The summed E-state index contributed by atoms with van der Waals surface area (Å²) in [6.07, 6.45) is 1.63. The first-order valence-electron chi connectivity index (χ1n) is 9.39. The minimum Gasteiger partial charge on any atom is -0.507 e. The molecule has 0 saturated carbocycles. The van der Waals surface area contributed by atoms with Crippen molar-refractivity contribution in [1.82, 2.24) is 4.57 Å². The molecule has 3 heterocycles. The number of thiazole rings is 1. The molecule has 0 unspecified atom stereocenters. The van der Waals surface area contributed by atoms with Gasteiger partial charge in [-0.05, 0) is 25.1 Å². The number of rotatable bonds is 2. The highest BCUT2D eigenvalue weighted by atomic mass is 32.1. The van der Waals surface area contributed by atoms with Crippen LogP contribution < -0.4 is 19.6 Å². The zero-order valence-electron chi connectivity index (χ0n) is 16.2. The quantitative estimate of drug-likeness (QED) is 0.633. The van der Waals surface area contributed by atoms with Crippen molar-refractivity contribution < 1.29 is 19.4 Å². The summed E-state index contributed by atoms with van der Waals surface area (Å²) in [6, 6.07) is 13.5. The summed E-state index contributed by atoms with van der Waals surface area (Å²) in [5, 5.41) is 10.1. The molecule has 2 aliphatic rings. The van der Waals surface area contributed by atoms with Crippen molar-refractivity contribution in [2.75, 3.05) is 7.11 Å². The van der Waals surface area contributed by atoms with Crippen LogP contribution in [0.2, 0.25) is 0 Å². The fraction of sp³-hybridized carbons (Fsp3) is 0.227. The van der Waals surface area contributed by atoms with Crippen LogP contribution in [0.15, 0.2) is 58.3 Å². The smallest absolute Gasteiger partial charge is 0.317 e. The molecule has 3 aromatic rings. The van der Waals surface area contributed by atoms with Crippen LogP contribution in [0.1, 0.15) is 24.1 Å². The standard InChI is InChI=1S/C22H18N2O5S/c1-22-17(20(27)28-2)18(13-8-4-6-10-15(13)29-22)24-19(26)16(30-21(24)23-22)11-12-7-3-5-9-14(12)25/h3-11,17-18,25H,1-2H3/b16-11-/t17-,18-,22-/m1/s1. The number of hydrogen-bond acceptors (Lipinski definition) is 7. The van der Waals surface area contributed by atoms with Crippen molar-refractivity contribution >= 4 is 23.4 Å². The molecule has 0 amide bonds. The van der Waals surface area contributed by atoms with Gasteiger partial charge in [-0.3, -0.25) is 14.2 Å². The van der Waals surface area contributed by atoms with E-state index in [-0.39, 0.29) is 11.3 Å². The summed E-state index contributed by atoms with van der Waals surface area (Å²) in [5.74, 6) is -0.633. The number of methoxy groups -OCH3 is 1. The van der Waals surface area contributed by atoms with Gasteiger partial charge in [0.25, 0.3) is 5.56 Å². The number of fused-ring (bicyclic) bond motifs is 6. The molecular weight excluding hydrogens is 404 g/mol. The third-order valence-corrected chi connectivity index (χ3v) is 6.54. The Kier molecular flexibility index (Phi) is 4.08. The lowest BCUT2D eigenvalue weighted by atomic mass is 9.81. The average molecular weight is 422 g/mol. The van der Waals surface area contributed by atoms with E-state index in [4.69, 9.17) is 9.47 Å². The van der Waals surface area contributed by atoms with Gasteiger partial charge in [-0.2, -0.15) is 0 Å². The molecule has 1 aromatic heterocycles. The highest BCUT2D eigenvalue weighted by Crippen LogP contribution is 2.47. The third-order valence-electron chi connectivity index (χ3n) is 5.56. The van der Waals surface area contributed by atoms with E-state index in [0.717, 1.165) is 5.56 Å². The van der Waals surface area contributed by atoms with E-state index in [9.17, 15) is 14.7 Å². The van der Waals surface area contributed by atoms with Gasteiger partial charge >= 0.3 is 5.97 Å². The zero-order valence-corrected chi connectivity index (χ0v) is 17.1. The molecule has 0 fully saturated rings. The Morgan fingerprint density at radius 3 is 2.77 bits per heavy atom. The predicted molar refractivity (Wildman–Crippen MR) is 110 cm³/mol. The van der Waals surface area contributed by atoms with Crippen LogP contribution >= 0.6 is 11.3 Å². The van der Waals surface area contributed by atoms with E-state index in [1.54, 1.807) is 47.9 Å². The Morgan fingerprint density at radius 1 is 1.27 bits per heavy atom. The molecule has 2 aromatic carbocycles. The van der Waals surface area contributed by atoms with Gasteiger partial charge in [0, 0.05) is 11.1 Å². The van der Waals surface area contributed by atoms with Crippen LogP contribution in [0, 0.1) is 5.92 Å². The number of nitrogens with zero attached hydrogens (tertiary/aromatic N) is 2. The lowest BCUT2D eigenvalue weighted by Gasteiger charge is -2.44. The van der Waals surface area contributed by atoms with E-state index in [1.807, 2.05) is 18.2 Å². The average Bonchev–Trinajstić information content (AvgIpc) is 3.02. The van der Waals surface area contributed by atoms with Crippen molar-refractivity contribution in [2.24, 2.45) is 10.9 Å². The molecule has 3 atom stereocenters. The van der Waals surface area contributed by atoms with Crippen LogP contribution in [-0.4, -0.2) is 28.5 Å². The minimum absolute atomic E-state index is 0.0806. The van der Waals surface area contributed by atoms with Gasteiger partial charge in [-0.15, -0.1) is 0 Å². The normalized spacial score (nSPS) is 24.3. The molecular formula is C22H18N2O5S. The third kappa shape index (κ3) is 2.60. The van der Waals surface area contributed by atoms with Crippen molar-refractivity contribution in [3.05, 3.63) is 79.3 Å². The second kappa shape index (κ2) is 6.56. The monoisotopic (exact) mass is 422 g/mol. The number of ether oxygens (including phenoxy) is 2. The minimum atomic E-state index is -1.20. The Labute approximate surface area is 175 Å². The fourth-order valence-corrected chi connectivity index (χ4v) is 5.27. The molecule has 30 heavy (non-hydrogen) atoms. The van der Waals surface area contributed by atoms with E-state index >= 15 is 0 Å². The number of phenols is 1. The number of para-hydroxylation sites is 2. The number of carbonyl (C=O) groups excluding carboxylic acids is 1. The van der Waals surface area contributed by atoms with Gasteiger partial charge in [0.05, 0.1) is 17.7 Å². The first-order chi connectivity index (χ1) is 14.4. The van der Waals surface area contributed by atoms with E-state index in [1.165, 1.54) is 18.4 Å². The molecule has 7 nitrogen and oxygen atoms in total. The van der Waals surface area contributed by atoms with Crippen molar-refractivity contribution in [3.63, 3.8) is 0 Å². The Morgan fingerprint density at radius 2 is 2.00 bits per heavy atom. The van der Waals surface area contributed by atoms with Gasteiger partial charge in [-0.1, -0.05) is 47.7 Å². The highest BCUT2D eigenvalue weighted by molar-refractivity contribution is 7.07. The number of aromatic hydroxyl groups is 1. The molecule has 0 radical (unpaired) electrons. The van der Waals surface area contributed by atoms with Gasteiger partial charge in [0.2, 0.25) is 5.72 Å². The first kappa shape index (κ1) is 18.6. The van der Waals surface area contributed by atoms with E-state index < -0.39 is 23.7 Å². The Balaban J connectivity index is 1.81. The zero-order chi connectivity index (χ0) is 21.0. The number of esters is 1. The Bertz CT molecular complexity index is 1360. The fourth-order valence-electron chi connectivity index (χ4n) is 4.18. The molecule has 0 spiro atoms. The van der Waals surface area contributed by atoms with E-state index in [2.05, 4.69) is 4.99 Å². The van der Waals surface area contributed by atoms with Crippen LogP contribution in [0.3, 0.4) is 0 Å². The highest BCUT2D eigenvalue weighted by Gasteiger charge is 2.55. The summed E-state index contributed by atoms with van der Waals surface area (Å²) in [5.41, 5.74) is -0.213. The van der Waals surface area contributed by atoms with Crippen LogP contribution in [0.25, 0.3) is 6.08 Å². The molecule has 1 N–H and O–H groups in total. The number of benzene rings is 2. The molecule has 8 heteroatoms. The molecule has 152 valence electrons. The molecule has 5 rings (SSSR count). The largest absolute Gasteiger partial charge is 0.507 e. The number of carbonyl (C=O) groups is 1. The van der Waals surface area contributed by atoms with Crippen molar-refractivity contribution in [3.8, 4) is 11.5 Å². The van der Waals surface area contributed by atoms with Gasteiger partial charge in [-0.25, -0.2) is 4.99 Å². The van der Waals surface area contributed by atoms with Crippen molar-refractivity contribution in [2.45, 2.75) is 18.7 Å². The molecule has 2 aliphatic heterocycles. The van der Waals surface area contributed by atoms with Crippen LogP contribution in [0.4, 0.5) is 0 Å². The molecule has 0 saturated heterocycles. The van der Waals surface area contributed by atoms with Gasteiger partial charge in [0.1, 0.15) is 17.4 Å². The van der Waals surface area contributed by atoms with Crippen LogP contribution in [-0.2, 0) is 9.53 Å². The van der Waals surface area contributed by atoms with Gasteiger partial charge in [0.15, 0.2) is 4.80 Å². The first-order valence-corrected chi connectivity index (χ1v) is 10.2. The maximum atomic E-state index is 13.4. The van der Waals surface area contributed by atoms with E-state index in [0.29, 0.717) is 20.6 Å². The summed E-state index contributed by atoms with van der Waals surface area (Å²) in [6.45, 7) is 1.73. The maximum Gasteiger partial charge on any atom is 0.317 e. The summed E-state index contributed by atoms with van der Waals surface area (Å²) >= 11 is 1.20. The predicted octanol–water partition coefficient (Wildman–Crippen LogP) is 1.56. The topological polar surface area (TPSA) is 90.1 Å². The number of hydrogen-bond donors (Lipinski definition) is 1. The summed E-state index contributed by atoms with van der Waals surface area (Å²) < 4.78 is 13.1. The second-order valence-corrected chi connectivity index (χ2v) is 8.39. The molecule has 2 bridgehead atoms. The van der Waals surface area contributed by atoms with Crippen LogP contribution in [0.5, 0.6) is 11.5 Å². The molecule has 0 aliphatic carbocycles. The number of aromatic nitrogens is 1. The van der Waals surface area contributed by atoms with Crippen molar-refractivity contribution in [1.29, 1.82) is 0 Å². The SMILES string of the molecule is COC(=O)[C@H]1[C@H]2c3ccccc3O[C@@]1(C)N=c1s/c(=C\c3ccccc3O)c(=O)n12. The summed E-state index contributed by atoms with van der Waals surface area (Å²) in [4.78, 5) is 31.3. The maximum absolute atomic E-state index is 13.4. The summed E-state index contributed by atoms with van der Waals surface area (Å²) in [7, 11) is 1.32. The van der Waals surface area contributed by atoms with Gasteiger partial charge < -0.3 is 14.6 Å². The Hall–Kier alpha value is -3.39. The lowest BCUT2D eigenvalue weighted by Crippen LogP contribution is -2.58. The lowest BCUT2D eigenvalue weighted by molar-refractivity contribution is -0.158. The second-order valence-electron chi connectivity index (χ2n) is 7.38. The number of phenolic OH excluding ortho intramolecular Hbond substituents is 1.